The Morgan fingerprint density at radius 2 is 2.04 bits per heavy atom. The lowest BCUT2D eigenvalue weighted by atomic mass is 10.1. The fraction of sp³-hybridized carbons (Fsp3) is 0.733. The summed E-state index contributed by atoms with van der Waals surface area (Å²) in [7, 11) is -1.61. The van der Waals surface area contributed by atoms with E-state index in [0.29, 0.717) is 37.8 Å². The molecule has 8 nitrogen and oxygen atoms in total. The molecule has 0 amide bonds. The molecular formula is C15H28IN5O3S. The zero-order chi connectivity index (χ0) is 17.6. The van der Waals surface area contributed by atoms with Crippen LogP contribution in [0.25, 0.3) is 0 Å². The highest BCUT2D eigenvalue weighted by molar-refractivity contribution is 14.0. The molecule has 1 N–H and O–H groups in total. The number of guanidine groups is 1. The predicted molar refractivity (Wildman–Crippen MR) is 109 cm³/mol. The zero-order valence-corrected chi connectivity index (χ0v) is 18.2. The van der Waals surface area contributed by atoms with Crippen LogP contribution in [-0.4, -0.2) is 68.5 Å². The van der Waals surface area contributed by atoms with Crippen LogP contribution in [0.15, 0.2) is 21.8 Å². The van der Waals surface area contributed by atoms with Crippen molar-refractivity contribution in [3.05, 3.63) is 18.0 Å². The number of rotatable bonds is 6. The van der Waals surface area contributed by atoms with E-state index < -0.39 is 10.0 Å². The molecule has 1 aliphatic rings. The van der Waals surface area contributed by atoms with Gasteiger partial charge in [-0.3, -0.25) is 4.99 Å². The third kappa shape index (κ3) is 6.74. The van der Waals surface area contributed by atoms with E-state index in [9.17, 15) is 8.42 Å². The standard InChI is InChI=1S/C15H27N5O3S.HI/c1-13(2)4-6-17-15(16-3)19-7-9-20(10-8-19)24(21,22)12-14-5-11-23-18-14;/h5,11,13H,4,6-10,12H2,1-3H3,(H,16,17);1H. The second-order valence-electron chi connectivity index (χ2n) is 6.29. The minimum Gasteiger partial charge on any atom is -0.364 e. The Morgan fingerprint density at radius 1 is 1.36 bits per heavy atom. The topological polar surface area (TPSA) is 91.0 Å². The fourth-order valence-electron chi connectivity index (χ4n) is 2.57. The second-order valence-corrected chi connectivity index (χ2v) is 8.26. The molecule has 144 valence electrons. The van der Waals surface area contributed by atoms with Crippen LogP contribution in [0.3, 0.4) is 0 Å². The molecule has 0 atom stereocenters. The van der Waals surface area contributed by atoms with E-state index in [0.717, 1.165) is 18.9 Å². The van der Waals surface area contributed by atoms with E-state index in [-0.39, 0.29) is 29.7 Å². The molecular weight excluding hydrogens is 457 g/mol. The van der Waals surface area contributed by atoms with E-state index in [4.69, 9.17) is 4.52 Å². The molecule has 2 rings (SSSR count). The van der Waals surface area contributed by atoms with Gasteiger partial charge in [0.15, 0.2) is 5.96 Å². The monoisotopic (exact) mass is 485 g/mol. The first kappa shape index (κ1) is 22.2. The summed E-state index contributed by atoms with van der Waals surface area (Å²) in [5.41, 5.74) is 0.434. The first-order valence-corrected chi connectivity index (χ1v) is 9.86. The average Bonchev–Trinajstić information content (AvgIpc) is 3.04. The number of aliphatic imine (C=N–C) groups is 1. The van der Waals surface area contributed by atoms with Crippen LogP contribution in [0.2, 0.25) is 0 Å². The molecule has 0 unspecified atom stereocenters. The van der Waals surface area contributed by atoms with Crippen LogP contribution in [0.4, 0.5) is 0 Å². The molecule has 0 radical (unpaired) electrons. The molecule has 0 spiro atoms. The number of piperazine rings is 1. The van der Waals surface area contributed by atoms with E-state index in [2.05, 4.69) is 34.2 Å². The third-order valence-electron chi connectivity index (χ3n) is 3.97. The minimum absolute atomic E-state index is 0. The molecule has 0 aliphatic carbocycles. The summed E-state index contributed by atoms with van der Waals surface area (Å²) in [4.78, 5) is 6.40. The molecule has 0 bridgehead atoms. The quantitative estimate of drug-likeness (QED) is 0.372. The molecule has 1 fully saturated rings. The predicted octanol–water partition coefficient (Wildman–Crippen LogP) is 1.36. The number of hydrogen-bond donors (Lipinski definition) is 1. The van der Waals surface area contributed by atoms with Crippen LogP contribution in [-0.2, 0) is 15.8 Å². The van der Waals surface area contributed by atoms with Crippen molar-refractivity contribution < 1.29 is 12.9 Å². The smallest absolute Gasteiger partial charge is 0.220 e. The molecule has 1 saturated heterocycles. The molecule has 1 aromatic rings. The second kappa shape index (κ2) is 10.3. The molecule has 2 heterocycles. The Balaban J connectivity index is 0.00000312. The lowest BCUT2D eigenvalue weighted by Gasteiger charge is -2.35. The molecule has 1 aliphatic heterocycles. The van der Waals surface area contributed by atoms with Gasteiger partial charge < -0.3 is 14.7 Å². The Labute approximate surface area is 167 Å². The van der Waals surface area contributed by atoms with Gasteiger partial charge in [-0.25, -0.2) is 8.42 Å². The summed E-state index contributed by atoms with van der Waals surface area (Å²) >= 11 is 0. The van der Waals surface area contributed by atoms with E-state index >= 15 is 0 Å². The Kier molecular flexibility index (Phi) is 9.14. The van der Waals surface area contributed by atoms with E-state index in [1.54, 1.807) is 13.1 Å². The van der Waals surface area contributed by atoms with Crippen LogP contribution < -0.4 is 5.32 Å². The Morgan fingerprint density at radius 3 is 2.56 bits per heavy atom. The largest absolute Gasteiger partial charge is 0.364 e. The van der Waals surface area contributed by atoms with Gasteiger partial charge in [-0.1, -0.05) is 19.0 Å². The van der Waals surface area contributed by atoms with Crippen LogP contribution in [0.1, 0.15) is 26.0 Å². The van der Waals surface area contributed by atoms with Crippen molar-refractivity contribution in [1.29, 1.82) is 0 Å². The average molecular weight is 485 g/mol. The van der Waals surface area contributed by atoms with Crippen molar-refractivity contribution >= 4 is 40.0 Å². The Hall–Kier alpha value is -0.880. The third-order valence-corrected chi connectivity index (χ3v) is 5.78. The van der Waals surface area contributed by atoms with Gasteiger partial charge in [-0.2, -0.15) is 4.31 Å². The highest BCUT2D eigenvalue weighted by Crippen LogP contribution is 2.13. The highest BCUT2D eigenvalue weighted by Gasteiger charge is 2.28. The molecule has 0 aromatic carbocycles. The van der Waals surface area contributed by atoms with Crippen molar-refractivity contribution in [2.24, 2.45) is 10.9 Å². The van der Waals surface area contributed by atoms with Crippen molar-refractivity contribution in [3.8, 4) is 0 Å². The number of sulfonamides is 1. The Bertz CT molecular complexity index is 626. The van der Waals surface area contributed by atoms with Gasteiger partial charge in [-0.05, 0) is 12.3 Å². The molecule has 0 saturated carbocycles. The van der Waals surface area contributed by atoms with Crippen molar-refractivity contribution in [2.75, 3.05) is 39.8 Å². The summed E-state index contributed by atoms with van der Waals surface area (Å²) in [6.07, 6.45) is 2.46. The van der Waals surface area contributed by atoms with Gasteiger partial charge >= 0.3 is 0 Å². The highest BCUT2D eigenvalue weighted by atomic mass is 127. The molecule has 1 aromatic heterocycles. The number of halogens is 1. The van der Waals surface area contributed by atoms with Crippen LogP contribution in [0, 0.1) is 5.92 Å². The zero-order valence-electron chi connectivity index (χ0n) is 15.0. The number of hydrogen-bond acceptors (Lipinski definition) is 5. The van der Waals surface area contributed by atoms with Crippen LogP contribution >= 0.6 is 24.0 Å². The van der Waals surface area contributed by atoms with Crippen LogP contribution in [0.5, 0.6) is 0 Å². The normalized spacial score (nSPS) is 16.8. The summed E-state index contributed by atoms with van der Waals surface area (Å²) in [6.45, 7) is 7.38. The maximum atomic E-state index is 12.4. The van der Waals surface area contributed by atoms with Gasteiger partial charge in [0.05, 0.1) is 5.69 Å². The lowest BCUT2D eigenvalue weighted by molar-refractivity contribution is 0.259. The van der Waals surface area contributed by atoms with Crippen molar-refractivity contribution in [3.63, 3.8) is 0 Å². The minimum atomic E-state index is -3.37. The maximum absolute atomic E-state index is 12.4. The fourth-order valence-corrected chi connectivity index (χ4v) is 4.00. The first-order chi connectivity index (χ1) is 11.4. The summed E-state index contributed by atoms with van der Waals surface area (Å²) < 4.78 is 31.1. The van der Waals surface area contributed by atoms with Gasteiger partial charge in [-0.15, -0.1) is 24.0 Å². The summed E-state index contributed by atoms with van der Waals surface area (Å²) in [5.74, 6) is 1.35. The van der Waals surface area contributed by atoms with E-state index in [1.165, 1.54) is 10.6 Å². The van der Waals surface area contributed by atoms with Crippen molar-refractivity contribution in [1.82, 2.24) is 19.7 Å². The number of nitrogens with one attached hydrogen (secondary N) is 1. The van der Waals surface area contributed by atoms with Crippen molar-refractivity contribution in [2.45, 2.75) is 26.0 Å². The summed E-state index contributed by atoms with van der Waals surface area (Å²) in [5, 5.41) is 7.03. The van der Waals surface area contributed by atoms with Gasteiger partial charge in [0, 0.05) is 45.8 Å². The van der Waals surface area contributed by atoms with E-state index in [1.807, 2.05) is 0 Å². The number of aromatic nitrogens is 1. The van der Waals surface area contributed by atoms with Gasteiger partial charge in [0.2, 0.25) is 10.0 Å². The van der Waals surface area contributed by atoms with Gasteiger partial charge in [0.25, 0.3) is 0 Å². The first-order valence-electron chi connectivity index (χ1n) is 8.25. The molecule has 25 heavy (non-hydrogen) atoms. The maximum Gasteiger partial charge on any atom is 0.220 e. The van der Waals surface area contributed by atoms with Gasteiger partial charge in [0.1, 0.15) is 12.0 Å². The summed E-state index contributed by atoms with van der Waals surface area (Å²) in [6, 6.07) is 1.58. The SMILES string of the molecule is CN=C(NCCC(C)C)N1CCN(S(=O)(=O)Cc2ccon2)CC1.I. The number of nitrogens with zero attached hydrogens (tertiary/aromatic N) is 4. The lowest BCUT2D eigenvalue weighted by Crippen LogP contribution is -2.54. The molecule has 10 heteroatoms.